The number of nitrogens with one attached hydrogen (secondary N) is 1. The first-order valence-electron chi connectivity index (χ1n) is 7.40. The lowest BCUT2D eigenvalue weighted by Crippen LogP contribution is -2.39. The van der Waals surface area contributed by atoms with Gasteiger partial charge in [-0.25, -0.2) is 0 Å². The lowest BCUT2D eigenvalue weighted by atomic mass is 10.2. The summed E-state index contributed by atoms with van der Waals surface area (Å²) < 4.78 is 0. The molecule has 3 N–H and O–H groups in total. The molecule has 0 aliphatic heterocycles. The van der Waals surface area contributed by atoms with Crippen molar-refractivity contribution in [1.29, 1.82) is 0 Å². The summed E-state index contributed by atoms with van der Waals surface area (Å²) in [4.78, 5) is 16.5. The van der Waals surface area contributed by atoms with Gasteiger partial charge in [0.05, 0.1) is 17.9 Å². The van der Waals surface area contributed by atoms with Crippen molar-refractivity contribution in [3.63, 3.8) is 0 Å². The van der Waals surface area contributed by atoms with Crippen molar-refractivity contribution in [2.75, 3.05) is 51.3 Å². The Bertz CT molecular complexity index is 446. The number of anilines is 2. The van der Waals surface area contributed by atoms with E-state index in [9.17, 15) is 4.79 Å². The van der Waals surface area contributed by atoms with Gasteiger partial charge in [-0.05, 0) is 32.1 Å². The standard InChI is InChI=1S/C16H28N4O/c1-13(2)11-20(10-9-19(3)4)12-16(21)18-15-8-6-5-7-14(15)17/h5-8,13H,9-12,17H2,1-4H3,(H,18,21). The summed E-state index contributed by atoms with van der Waals surface area (Å²) in [5.41, 5.74) is 7.12. The number of nitrogen functional groups attached to an aromatic ring is 1. The van der Waals surface area contributed by atoms with Gasteiger partial charge in [-0.2, -0.15) is 0 Å². The second-order valence-corrected chi connectivity index (χ2v) is 6.07. The predicted molar refractivity (Wildman–Crippen MR) is 89.3 cm³/mol. The van der Waals surface area contributed by atoms with Crippen molar-refractivity contribution in [2.45, 2.75) is 13.8 Å². The highest BCUT2D eigenvalue weighted by molar-refractivity contribution is 5.95. The summed E-state index contributed by atoms with van der Waals surface area (Å²) in [6.45, 7) is 7.44. The Morgan fingerprint density at radius 2 is 1.90 bits per heavy atom. The van der Waals surface area contributed by atoms with Crippen molar-refractivity contribution in [1.82, 2.24) is 9.80 Å². The molecular formula is C16H28N4O. The number of para-hydroxylation sites is 2. The Kier molecular flexibility index (Phi) is 7.19. The summed E-state index contributed by atoms with van der Waals surface area (Å²) in [6.07, 6.45) is 0. The van der Waals surface area contributed by atoms with E-state index in [-0.39, 0.29) is 5.91 Å². The first kappa shape index (κ1) is 17.5. The molecule has 0 radical (unpaired) electrons. The van der Waals surface area contributed by atoms with Gasteiger partial charge in [0.15, 0.2) is 0 Å². The van der Waals surface area contributed by atoms with E-state index >= 15 is 0 Å². The number of likely N-dealkylation sites (N-methyl/N-ethyl adjacent to an activating group) is 1. The van der Waals surface area contributed by atoms with E-state index in [2.05, 4.69) is 29.0 Å². The normalized spacial score (nSPS) is 11.4. The smallest absolute Gasteiger partial charge is 0.238 e. The molecule has 0 aliphatic rings. The van der Waals surface area contributed by atoms with Crippen LogP contribution in [0, 0.1) is 5.92 Å². The van der Waals surface area contributed by atoms with Crippen LogP contribution in [0.1, 0.15) is 13.8 Å². The van der Waals surface area contributed by atoms with Crippen molar-refractivity contribution in [3.8, 4) is 0 Å². The molecule has 0 bridgehead atoms. The van der Waals surface area contributed by atoms with Gasteiger partial charge in [0.2, 0.25) is 5.91 Å². The molecule has 0 atom stereocenters. The summed E-state index contributed by atoms with van der Waals surface area (Å²) >= 11 is 0. The average molecular weight is 292 g/mol. The number of rotatable bonds is 8. The molecule has 0 aromatic heterocycles. The molecule has 118 valence electrons. The molecule has 0 fully saturated rings. The fraction of sp³-hybridized carbons (Fsp3) is 0.562. The highest BCUT2D eigenvalue weighted by Gasteiger charge is 2.13. The third kappa shape index (κ3) is 7.11. The summed E-state index contributed by atoms with van der Waals surface area (Å²) in [5, 5.41) is 2.88. The van der Waals surface area contributed by atoms with Gasteiger partial charge in [0.25, 0.3) is 0 Å². The van der Waals surface area contributed by atoms with Crippen molar-refractivity contribution in [3.05, 3.63) is 24.3 Å². The maximum absolute atomic E-state index is 12.2. The van der Waals surface area contributed by atoms with Gasteiger partial charge in [-0.3, -0.25) is 9.69 Å². The molecule has 0 spiro atoms. The lowest BCUT2D eigenvalue weighted by molar-refractivity contribution is -0.117. The van der Waals surface area contributed by atoms with E-state index in [0.717, 1.165) is 19.6 Å². The minimum absolute atomic E-state index is 0.0210. The Morgan fingerprint density at radius 1 is 1.24 bits per heavy atom. The maximum atomic E-state index is 12.2. The second-order valence-electron chi connectivity index (χ2n) is 6.07. The van der Waals surface area contributed by atoms with E-state index in [4.69, 9.17) is 5.73 Å². The van der Waals surface area contributed by atoms with Gasteiger partial charge in [-0.15, -0.1) is 0 Å². The molecule has 1 rings (SSSR count). The zero-order valence-electron chi connectivity index (χ0n) is 13.6. The van der Waals surface area contributed by atoms with Crippen molar-refractivity contribution in [2.24, 2.45) is 5.92 Å². The number of nitrogens with zero attached hydrogens (tertiary/aromatic N) is 2. The fourth-order valence-corrected chi connectivity index (χ4v) is 2.10. The zero-order chi connectivity index (χ0) is 15.8. The van der Waals surface area contributed by atoms with Crippen LogP contribution in [0.15, 0.2) is 24.3 Å². The molecule has 1 amide bonds. The Balaban J connectivity index is 2.56. The largest absolute Gasteiger partial charge is 0.397 e. The first-order chi connectivity index (χ1) is 9.88. The van der Waals surface area contributed by atoms with Gasteiger partial charge >= 0.3 is 0 Å². The van der Waals surface area contributed by atoms with Crippen molar-refractivity contribution < 1.29 is 4.79 Å². The number of hydrogen-bond acceptors (Lipinski definition) is 4. The highest BCUT2D eigenvalue weighted by atomic mass is 16.2. The molecule has 0 heterocycles. The quantitative estimate of drug-likeness (QED) is 0.716. The monoisotopic (exact) mass is 292 g/mol. The van der Waals surface area contributed by atoms with Crippen LogP contribution < -0.4 is 11.1 Å². The fourth-order valence-electron chi connectivity index (χ4n) is 2.10. The average Bonchev–Trinajstić information content (AvgIpc) is 2.38. The molecule has 5 nitrogen and oxygen atoms in total. The van der Waals surface area contributed by atoms with Gasteiger partial charge in [0.1, 0.15) is 0 Å². The van der Waals surface area contributed by atoms with Crippen LogP contribution in [0.5, 0.6) is 0 Å². The minimum atomic E-state index is -0.0210. The molecule has 21 heavy (non-hydrogen) atoms. The molecular weight excluding hydrogens is 264 g/mol. The van der Waals surface area contributed by atoms with Crippen LogP contribution in [0.3, 0.4) is 0 Å². The number of amides is 1. The van der Waals surface area contributed by atoms with E-state index in [1.807, 2.05) is 32.3 Å². The highest BCUT2D eigenvalue weighted by Crippen LogP contribution is 2.16. The van der Waals surface area contributed by atoms with Crippen molar-refractivity contribution >= 4 is 17.3 Å². The summed E-state index contributed by atoms with van der Waals surface area (Å²) in [7, 11) is 4.08. The van der Waals surface area contributed by atoms with Crippen LogP contribution in [-0.4, -0.2) is 56.0 Å². The molecule has 5 heteroatoms. The number of carbonyl (C=O) groups excluding carboxylic acids is 1. The van der Waals surface area contributed by atoms with Gasteiger partial charge < -0.3 is 16.0 Å². The Labute approximate surface area is 128 Å². The summed E-state index contributed by atoms with van der Waals surface area (Å²) in [6, 6.07) is 7.32. The second kappa shape index (κ2) is 8.64. The summed E-state index contributed by atoms with van der Waals surface area (Å²) in [5.74, 6) is 0.508. The number of carbonyl (C=O) groups is 1. The number of nitrogens with two attached hydrogens (primary N) is 1. The zero-order valence-corrected chi connectivity index (χ0v) is 13.6. The molecule has 0 saturated carbocycles. The molecule has 0 saturated heterocycles. The molecule has 1 aromatic rings. The Hall–Kier alpha value is -1.59. The Morgan fingerprint density at radius 3 is 2.48 bits per heavy atom. The number of benzene rings is 1. The molecule has 0 aliphatic carbocycles. The van der Waals surface area contributed by atoms with Gasteiger partial charge in [0, 0.05) is 19.6 Å². The molecule has 0 unspecified atom stereocenters. The SMILES string of the molecule is CC(C)CN(CCN(C)C)CC(=O)Nc1ccccc1N. The van der Waals surface area contributed by atoms with Gasteiger partial charge in [-0.1, -0.05) is 26.0 Å². The van der Waals surface area contributed by atoms with Crippen LogP contribution in [-0.2, 0) is 4.79 Å². The topological polar surface area (TPSA) is 61.6 Å². The third-order valence-electron chi connectivity index (χ3n) is 3.09. The van der Waals surface area contributed by atoms with E-state index in [0.29, 0.717) is 23.8 Å². The van der Waals surface area contributed by atoms with E-state index in [1.54, 1.807) is 6.07 Å². The first-order valence-corrected chi connectivity index (χ1v) is 7.40. The number of hydrogen-bond donors (Lipinski definition) is 2. The van der Waals surface area contributed by atoms with E-state index in [1.165, 1.54) is 0 Å². The predicted octanol–water partition coefficient (Wildman–Crippen LogP) is 1.73. The van der Waals surface area contributed by atoms with E-state index < -0.39 is 0 Å². The van der Waals surface area contributed by atoms with Crippen LogP contribution >= 0.6 is 0 Å². The lowest BCUT2D eigenvalue weighted by Gasteiger charge is -2.25. The van der Waals surface area contributed by atoms with Crippen LogP contribution in [0.4, 0.5) is 11.4 Å². The van der Waals surface area contributed by atoms with Crippen LogP contribution in [0.2, 0.25) is 0 Å². The molecule has 1 aromatic carbocycles. The van der Waals surface area contributed by atoms with Crippen LogP contribution in [0.25, 0.3) is 0 Å². The maximum Gasteiger partial charge on any atom is 0.238 e. The third-order valence-corrected chi connectivity index (χ3v) is 3.09. The minimum Gasteiger partial charge on any atom is -0.397 e.